The van der Waals surface area contributed by atoms with Crippen LogP contribution in [0.1, 0.15) is 38.7 Å². The Balaban J connectivity index is 1.83. The number of benzene rings is 2. The van der Waals surface area contributed by atoms with Crippen LogP contribution in [-0.2, 0) is 14.8 Å². The number of primary amides is 1. The number of carboxylic acid groups (broad SMARTS) is 1. The maximum Gasteiger partial charge on any atom is 0.412 e. The molecule has 206 valence electrons. The van der Waals surface area contributed by atoms with Gasteiger partial charge in [-0.25, -0.2) is 13.2 Å². The lowest BCUT2D eigenvalue weighted by Crippen LogP contribution is -2.57. The summed E-state index contributed by atoms with van der Waals surface area (Å²) in [6.07, 6.45) is -6.33. The summed E-state index contributed by atoms with van der Waals surface area (Å²) in [4.78, 5) is 24.0. The summed E-state index contributed by atoms with van der Waals surface area (Å²) in [5, 5.41) is 9.71. The molecule has 2 aliphatic rings. The van der Waals surface area contributed by atoms with E-state index in [2.05, 4.69) is 0 Å². The van der Waals surface area contributed by atoms with Crippen molar-refractivity contribution in [2.75, 3.05) is 15.7 Å². The van der Waals surface area contributed by atoms with E-state index >= 15 is 0 Å². The molecule has 3 N–H and O–H groups in total. The summed E-state index contributed by atoms with van der Waals surface area (Å²) in [5.74, 6) is -0.488. The molecule has 38 heavy (non-hydrogen) atoms. The number of carbonyl (C=O) groups excluding carboxylic acids is 1. The Bertz CT molecular complexity index is 1370. The first-order valence-corrected chi connectivity index (χ1v) is 13.2. The number of ether oxygens (including phenoxy) is 1. The zero-order valence-corrected chi connectivity index (χ0v) is 21.8. The van der Waals surface area contributed by atoms with Crippen LogP contribution in [0.3, 0.4) is 0 Å². The van der Waals surface area contributed by atoms with E-state index in [4.69, 9.17) is 10.5 Å². The van der Waals surface area contributed by atoms with Gasteiger partial charge in [-0.05, 0) is 63.9 Å². The number of hydrogen-bond donors (Lipinski definition) is 2. The Hall–Kier alpha value is -3.48. The molecule has 0 spiro atoms. The first kappa shape index (κ1) is 27.6. The van der Waals surface area contributed by atoms with Crippen LogP contribution in [0.15, 0.2) is 47.4 Å². The Kier molecular flexibility index (Phi) is 6.58. The minimum absolute atomic E-state index is 0.0242. The van der Waals surface area contributed by atoms with Crippen molar-refractivity contribution in [3.05, 3.63) is 48.0 Å². The molecule has 0 bridgehead atoms. The van der Waals surface area contributed by atoms with E-state index in [1.807, 2.05) is 0 Å². The number of rotatable bonds is 7. The van der Waals surface area contributed by atoms with Gasteiger partial charge >= 0.3 is 12.3 Å². The summed E-state index contributed by atoms with van der Waals surface area (Å²) in [7, 11) is -4.26. The van der Waals surface area contributed by atoms with Crippen molar-refractivity contribution >= 4 is 33.4 Å². The van der Waals surface area contributed by atoms with Crippen LogP contribution in [0.5, 0.6) is 5.75 Å². The molecule has 0 aromatic heterocycles. The SMILES string of the molecule is Cc1ccc(S(=O)(=O)N2C[C@@H](CC3(C(N)=O)CC3)Oc3ccc(N(C(=O)O)C(C)(C)C(F)(F)F)cc32)cc1. The smallest absolute Gasteiger partial charge is 0.412 e. The molecule has 0 radical (unpaired) electrons. The molecular formula is C25H28F3N3O6S. The van der Waals surface area contributed by atoms with Gasteiger partial charge in [0, 0.05) is 6.42 Å². The van der Waals surface area contributed by atoms with Crippen LogP contribution in [0.4, 0.5) is 29.3 Å². The Morgan fingerprint density at radius 3 is 2.26 bits per heavy atom. The van der Waals surface area contributed by atoms with Crippen molar-refractivity contribution in [1.82, 2.24) is 0 Å². The van der Waals surface area contributed by atoms with Gasteiger partial charge < -0.3 is 15.6 Å². The lowest BCUT2D eigenvalue weighted by atomic mass is 9.96. The molecule has 1 heterocycles. The van der Waals surface area contributed by atoms with Crippen LogP contribution in [0.2, 0.25) is 0 Å². The second-order valence-electron chi connectivity index (χ2n) is 10.3. The molecule has 1 aliphatic heterocycles. The molecule has 13 heteroatoms. The number of anilines is 2. The van der Waals surface area contributed by atoms with Crippen LogP contribution in [0.25, 0.3) is 0 Å². The lowest BCUT2D eigenvalue weighted by molar-refractivity contribution is -0.175. The quantitative estimate of drug-likeness (QED) is 0.520. The average Bonchev–Trinajstić information content (AvgIpc) is 3.58. The summed E-state index contributed by atoms with van der Waals surface area (Å²) >= 11 is 0. The van der Waals surface area contributed by atoms with E-state index in [-0.39, 0.29) is 39.9 Å². The first-order valence-electron chi connectivity index (χ1n) is 11.8. The topological polar surface area (TPSA) is 130 Å². The summed E-state index contributed by atoms with van der Waals surface area (Å²) < 4.78 is 75.9. The zero-order valence-electron chi connectivity index (χ0n) is 20.9. The maximum absolute atomic E-state index is 13.8. The molecule has 4 rings (SSSR count). The van der Waals surface area contributed by atoms with Crippen molar-refractivity contribution in [2.24, 2.45) is 11.1 Å². The third kappa shape index (κ3) is 4.74. The number of aryl methyl sites for hydroxylation is 1. The molecule has 2 amide bonds. The van der Waals surface area contributed by atoms with E-state index in [1.54, 1.807) is 19.1 Å². The highest BCUT2D eigenvalue weighted by Crippen LogP contribution is 2.51. The fourth-order valence-corrected chi connectivity index (χ4v) is 6.05. The number of sulfonamides is 1. The van der Waals surface area contributed by atoms with Crippen molar-refractivity contribution in [1.29, 1.82) is 0 Å². The summed E-state index contributed by atoms with van der Waals surface area (Å²) in [6, 6.07) is 9.43. The highest BCUT2D eigenvalue weighted by atomic mass is 32.2. The fourth-order valence-electron chi connectivity index (χ4n) is 4.55. The number of carbonyl (C=O) groups is 2. The van der Waals surface area contributed by atoms with Crippen molar-refractivity contribution < 1.29 is 41.0 Å². The zero-order chi connectivity index (χ0) is 28.3. The standard InChI is InChI=1S/C25H28F3N3O6S/c1-15-4-7-18(8-5-15)38(35,36)30-14-17(13-24(10-11-24)21(29)32)37-20-9-6-16(12-19(20)30)31(22(33)34)23(2,3)25(26,27)28/h4-9,12,17H,10-11,13-14H2,1-3H3,(H2,29,32)(H,33,34)/t17-/m1/s1. The molecule has 9 nitrogen and oxygen atoms in total. The molecular weight excluding hydrogens is 527 g/mol. The van der Waals surface area contributed by atoms with E-state index < -0.39 is 45.3 Å². The predicted octanol–water partition coefficient (Wildman–Crippen LogP) is 4.43. The van der Waals surface area contributed by atoms with Gasteiger partial charge in [-0.2, -0.15) is 13.2 Å². The number of amides is 2. The molecule has 1 fully saturated rings. The average molecular weight is 556 g/mol. The molecule has 1 atom stereocenters. The van der Waals surface area contributed by atoms with Gasteiger partial charge in [0.1, 0.15) is 17.4 Å². The number of nitrogens with zero attached hydrogens (tertiary/aromatic N) is 2. The largest absolute Gasteiger partial charge is 0.486 e. The van der Waals surface area contributed by atoms with Gasteiger partial charge in [0.15, 0.2) is 0 Å². The predicted molar refractivity (Wildman–Crippen MR) is 133 cm³/mol. The highest BCUT2D eigenvalue weighted by Gasteiger charge is 2.55. The van der Waals surface area contributed by atoms with E-state index in [9.17, 15) is 36.3 Å². The van der Waals surface area contributed by atoms with Gasteiger partial charge in [0.2, 0.25) is 5.91 Å². The van der Waals surface area contributed by atoms with Crippen LogP contribution >= 0.6 is 0 Å². The number of halogens is 3. The van der Waals surface area contributed by atoms with Gasteiger partial charge in [-0.15, -0.1) is 0 Å². The van der Waals surface area contributed by atoms with Crippen molar-refractivity contribution in [3.8, 4) is 5.75 Å². The summed E-state index contributed by atoms with van der Waals surface area (Å²) in [6.45, 7) is 2.96. The number of alkyl halides is 3. The Labute approximate surface area is 218 Å². The second-order valence-corrected chi connectivity index (χ2v) is 12.1. The maximum atomic E-state index is 13.8. The molecule has 2 aromatic carbocycles. The Morgan fingerprint density at radius 1 is 1.16 bits per heavy atom. The van der Waals surface area contributed by atoms with Gasteiger partial charge in [-0.3, -0.25) is 14.0 Å². The highest BCUT2D eigenvalue weighted by molar-refractivity contribution is 7.92. The van der Waals surface area contributed by atoms with E-state index in [1.165, 1.54) is 18.2 Å². The van der Waals surface area contributed by atoms with Gasteiger partial charge in [0.05, 0.1) is 28.2 Å². The lowest BCUT2D eigenvalue weighted by Gasteiger charge is -2.40. The Morgan fingerprint density at radius 2 is 1.76 bits per heavy atom. The number of fused-ring (bicyclic) bond motifs is 1. The summed E-state index contributed by atoms with van der Waals surface area (Å²) in [5.41, 5.74) is 2.22. The molecule has 2 aromatic rings. The van der Waals surface area contributed by atoms with Crippen molar-refractivity contribution in [2.45, 2.75) is 62.7 Å². The van der Waals surface area contributed by atoms with E-state index in [0.717, 1.165) is 22.0 Å². The minimum atomic E-state index is -4.93. The normalized spacial score (nSPS) is 18.8. The molecule has 1 aliphatic carbocycles. The van der Waals surface area contributed by atoms with Crippen molar-refractivity contribution in [3.63, 3.8) is 0 Å². The van der Waals surface area contributed by atoms with Crippen LogP contribution in [0, 0.1) is 12.3 Å². The second kappa shape index (κ2) is 9.07. The van der Waals surface area contributed by atoms with Gasteiger partial charge in [-0.1, -0.05) is 17.7 Å². The minimum Gasteiger partial charge on any atom is -0.486 e. The number of nitrogens with two attached hydrogens (primary N) is 1. The molecule has 1 saturated carbocycles. The van der Waals surface area contributed by atoms with Crippen LogP contribution < -0.4 is 19.7 Å². The third-order valence-corrected chi connectivity index (χ3v) is 8.97. The van der Waals surface area contributed by atoms with Gasteiger partial charge in [0.25, 0.3) is 10.0 Å². The van der Waals surface area contributed by atoms with E-state index in [0.29, 0.717) is 26.7 Å². The monoisotopic (exact) mass is 555 g/mol. The number of hydrogen-bond acceptors (Lipinski definition) is 5. The first-order chi connectivity index (χ1) is 17.5. The molecule has 0 saturated heterocycles. The van der Waals surface area contributed by atoms with Crippen LogP contribution in [-0.4, -0.2) is 49.9 Å². The fraction of sp³-hybridized carbons (Fsp3) is 0.440. The third-order valence-electron chi connectivity index (χ3n) is 7.18. The molecule has 0 unspecified atom stereocenters.